The molecule has 2 rings (SSSR count). The third-order valence-corrected chi connectivity index (χ3v) is 3.26. The van der Waals surface area contributed by atoms with E-state index in [4.69, 9.17) is 15.2 Å². The van der Waals surface area contributed by atoms with Gasteiger partial charge in [0.2, 0.25) is 0 Å². The molecule has 2 aromatic rings. The highest BCUT2D eigenvalue weighted by molar-refractivity contribution is 5.43. The molecular weight excluding hydrogens is 276 g/mol. The Balaban J connectivity index is 2.23. The topological polar surface area (TPSA) is 44.5 Å². The predicted octanol–water partition coefficient (Wildman–Crippen LogP) is 3.22. The third-order valence-electron chi connectivity index (χ3n) is 3.26. The van der Waals surface area contributed by atoms with Gasteiger partial charge in [-0.05, 0) is 42.3 Å². The van der Waals surface area contributed by atoms with E-state index in [0.717, 1.165) is 23.8 Å². The number of hydrogen-bond acceptors (Lipinski definition) is 3. The second kappa shape index (κ2) is 6.54. The van der Waals surface area contributed by atoms with Gasteiger partial charge in [0.25, 0.3) is 0 Å². The molecule has 1 unspecified atom stereocenters. The summed E-state index contributed by atoms with van der Waals surface area (Å²) in [5.74, 6) is 0.159. The number of benzene rings is 2. The molecule has 3 nitrogen and oxygen atoms in total. The SMILES string of the molecule is COc1ccc(CC(N)c2cc(F)ccc2F)cc1OC. The van der Waals surface area contributed by atoms with E-state index in [1.165, 1.54) is 7.11 Å². The molecule has 0 spiro atoms. The van der Waals surface area contributed by atoms with Crippen LogP contribution < -0.4 is 15.2 Å². The molecule has 112 valence electrons. The van der Waals surface area contributed by atoms with Crippen molar-refractivity contribution in [3.63, 3.8) is 0 Å². The molecule has 0 aliphatic carbocycles. The van der Waals surface area contributed by atoms with Gasteiger partial charge >= 0.3 is 0 Å². The first-order valence-corrected chi connectivity index (χ1v) is 6.46. The van der Waals surface area contributed by atoms with E-state index in [9.17, 15) is 8.78 Å². The Morgan fingerprint density at radius 1 is 1.00 bits per heavy atom. The summed E-state index contributed by atoms with van der Waals surface area (Å²) in [5.41, 5.74) is 6.99. The van der Waals surface area contributed by atoms with Gasteiger partial charge in [0.1, 0.15) is 11.6 Å². The number of hydrogen-bond donors (Lipinski definition) is 1. The van der Waals surface area contributed by atoms with Crippen LogP contribution in [0.2, 0.25) is 0 Å². The Hall–Kier alpha value is -2.14. The minimum absolute atomic E-state index is 0.157. The molecule has 1 atom stereocenters. The van der Waals surface area contributed by atoms with Crippen LogP contribution in [0.5, 0.6) is 11.5 Å². The van der Waals surface area contributed by atoms with Crippen LogP contribution >= 0.6 is 0 Å². The molecule has 0 bridgehead atoms. The van der Waals surface area contributed by atoms with Crippen LogP contribution in [0.15, 0.2) is 36.4 Å². The Bertz CT molecular complexity index is 632. The Kier molecular flexibility index (Phi) is 4.75. The lowest BCUT2D eigenvalue weighted by Gasteiger charge is -2.15. The van der Waals surface area contributed by atoms with E-state index in [0.29, 0.717) is 17.9 Å². The minimum Gasteiger partial charge on any atom is -0.493 e. The normalized spacial score (nSPS) is 12.0. The monoisotopic (exact) mass is 293 g/mol. The van der Waals surface area contributed by atoms with Crippen LogP contribution in [0, 0.1) is 11.6 Å². The first-order valence-electron chi connectivity index (χ1n) is 6.46. The lowest BCUT2D eigenvalue weighted by molar-refractivity contribution is 0.354. The average molecular weight is 293 g/mol. The van der Waals surface area contributed by atoms with Gasteiger partial charge in [0, 0.05) is 11.6 Å². The fourth-order valence-corrected chi connectivity index (χ4v) is 2.17. The van der Waals surface area contributed by atoms with Gasteiger partial charge in [0.05, 0.1) is 14.2 Å². The van der Waals surface area contributed by atoms with Crippen molar-refractivity contribution >= 4 is 0 Å². The molecular formula is C16H17F2NO2. The van der Waals surface area contributed by atoms with E-state index in [2.05, 4.69) is 0 Å². The first kappa shape index (κ1) is 15.3. The van der Waals surface area contributed by atoms with E-state index >= 15 is 0 Å². The van der Waals surface area contributed by atoms with Crippen molar-refractivity contribution in [1.29, 1.82) is 0 Å². The van der Waals surface area contributed by atoms with Crippen LogP contribution in [-0.2, 0) is 6.42 Å². The second-order valence-electron chi connectivity index (χ2n) is 4.67. The summed E-state index contributed by atoms with van der Waals surface area (Å²) in [6.07, 6.45) is 0.362. The summed E-state index contributed by atoms with van der Waals surface area (Å²) < 4.78 is 37.3. The van der Waals surface area contributed by atoms with Crippen LogP contribution in [0.3, 0.4) is 0 Å². The van der Waals surface area contributed by atoms with Crippen molar-refractivity contribution in [2.45, 2.75) is 12.5 Å². The van der Waals surface area contributed by atoms with Crippen molar-refractivity contribution < 1.29 is 18.3 Å². The summed E-state index contributed by atoms with van der Waals surface area (Å²) in [6, 6.07) is 7.98. The summed E-state index contributed by atoms with van der Waals surface area (Å²) in [6.45, 7) is 0. The quantitative estimate of drug-likeness (QED) is 0.920. The van der Waals surface area contributed by atoms with E-state index in [-0.39, 0.29) is 5.56 Å². The molecule has 2 N–H and O–H groups in total. The van der Waals surface area contributed by atoms with Gasteiger partial charge in [-0.15, -0.1) is 0 Å². The van der Waals surface area contributed by atoms with Crippen LogP contribution in [0.4, 0.5) is 8.78 Å². The molecule has 5 heteroatoms. The van der Waals surface area contributed by atoms with Gasteiger partial charge in [0.15, 0.2) is 11.5 Å². The Morgan fingerprint density at radius 3 is 2.38 bits per heavy atom. The zero-order valence-electron chi connectivity index (χ0n) is 11.9. The minimum atomic E-state index is -0.640. The molecule has 2 aromatic carbocycles. The molecule has 21 heavy (non-hydrogen) atoms. The highest BCUT2D eigenvalue weighted by Gasteiger charge is 2.14. The highest BCUT2D eigenvalue weighted by Crippen LogP contribution is 2.29. The van der Waals surface area contributed by atoms with Gasteiger partial charge in [-0.1, -0.05) is 6.07 Å². The number of ether oxygens (including phenoxy) is 2. The molecule has 0 aromatic heterocycles. The lowest BCUT2D eigenvalue weighted by Crippen LogP contribution is -2.15. The van der Waals surface area contributed by atoms with Crippen molar-refractivity contribution in [1.82, 2.24) is 0 Å². The van der Waals surface area contributed by atoms with Gasteiger partial charge in [-0.25, -0.2) is 8.78 Å². The highest BCUT2D eigenvalue weighted by atomic mass is 19.1. The summed E-state index contributed by atoms with van der Waals surface area (Å²) in [7, 11) is 3.08. The molecule has 0 radical (unpaired) electrons. The average Bonchev–Trinajstić information content (AvgIpc) is 2.49. The molecule has 0 fully saturated rings. The van der Waals surface area contributed by atoms with Crippen LogP contribution in [-0.4, -0.2) is 14.2 Å². The number of nitrogens with two attached hydrogens (primary N) is 1. The van der Waals surface area contributed by atoms with Crippen molar-refractivity contribution in [2.75, 3.05) is 14.2 Å². The molecule has 0 saturated heterocycles. The fraction of sp³-hybridized carbons (Fsp3) is 0.250. The van der Waals surface area contributed by atoms with Gasteiger partial charge in [-0.2, -0.15) is 0 Å². The summed E-state index contributed by atoms with van der Waals surface area (Å²) >= 11 is 0. The fourth-order valence-electron chi connectivity index (χ4n) is 2.17. The largest absolute Gasteiger partial charge is 0.493 e. The second-order valence-corrected chi connectivity index (χ2v) is 4.67. The van der Waals surface area contributed by atoms with Crippen molar-refractivity contribution in [2.24, 2.45) is 5.73 Å². The number of halogens is 2. The van der Waals surface area contributed by atoms with Gasteiger partial charge in [-0.3, -0.25) is 0 Å². The smallest absolute Gasteiger partial charge is 0.160 e. The predicted molar refractivity (Wildman–Crippen MR) is 76.5 cm³/mol. The third kappa shape index (κ3) is 3.49. The Morgan fingerprint density at radius 2 is 1.71 bits per heavy atom. The maximum atomic E-state index is 13.7. The summed E-state index contributed by atoms with van der Waals surface area (Å²) in [5, 5.41) is 0. The summed E-state index contributed by atoms with van der Waals surface area (Å²) in [4.78, 5) is 0. The molecule has 0 aliphatic rings. The van der Waals surface area contributed by atoms with Crippen LogP contribution in [0.1, 0.15) is 17.2 Å². The standard InChI is InChI=1S/C16H17F2NO2/c1-20-15-6-3-10(8-16(15)21-2)7-14(19)12-9-11(17)4-5-13(12)18/h3-6,8-9,14H,7,19H2,1-2H3. The van der Waals surface area contributed by atoms with E-state index < -0.39 is 17.7 Å². The van der Waals surface area contributed by atoms with Gasteiger partial charge < -0.3 is 15.2 Å². The maximum absolute atomic E-state index is 13.7. The maximum Gasteiger partial charge on any atom is 0.160 e. The zero-order valence-corrected chi connectivity index (χ0v) is 11.9. The van der Waals surface area contributed by atoms with E-state index in [1.807, 2.05) is 6.07 Å². The number of methoxy groups -OCH3 is 2. The molecule has 0 amide bonds. The van der Waals surface area contributed by atoms with Crippen molar-refractivity contribution in [3.05, 3.63) is 59.2 Å². The molecule has 0 heterocycles. The lowest BCUT2D eigenvalue weighted by atomic mass is 9.99. The molecule has 0 aliphatic heterocycles. The number of rotatable bonds is 5. The first-order chi connectivity index (χ1) is 10.0. The molecule has 0 saturated carbocycles. The zero-order chi connectivity index (χ0) is 15.4. The van der Waals surface area contributed by atoms with Crippen LogP contribution in [0.25, 0.3) is 0 Å². The van der Waals surface area contributed by atoms with Crippen molar-refractivity contribution in [3.8, 4) is 11.5 Å². The van der Waals surface area contributed by atoms with E-state index in [1.54, 1.807) is 19.2 Å². The Labute approximate surface area is 122 Å².